The first-order valence-electron chi connectivity index (χ1n) is 8.34. The van der Waals surface area contributed by atoms with Crippen molar-refractivity contribution in [2.75, 3.05) is 10.6 Å². The molecule has 28 heavy (non-hydrogen) atoms. The molecule has 1 amide bonds. The molecule has 2 aromatic heterocycles. The quantitative estimate of drug-likeness (QED) is 0.596. The number of carbonyl (C=O) groups is 2. The van der Waals surface area contributed by atoms with Crippen LogP contribution in [-0.2, 0) is 4.79 Å². The Morgan fingerprint density at radius 2 is 2.18 bits per heavy atom. The average Bonchev–Trinajstić information content (AvgIpc) is 3.33. The van der Waals surface area contributed by atoms with Crippen molar-refractivity contribution in [2.24, 2.45) is 0 Å². The predicted molar refractivity (Wildman–Crippen MR) is 108 cm³/mol. The van der Waals surface area contributed by atoms with Crippen LogP contribution >= 0.6 is 22.9 Å². The Balaban J connectivity index is 1.69. The number of carboxylic acid groups (broad SMARTS) is 1. The van der Waals surface area contributed by atoms with E-state index in [1.165, 1.54) is 17.5 Å². The van der Waals surface area contributed by atoms with Gasteiger partial charge in [-0.3, -0.25) is 4.79 Å². The molecule has 3 heterocycles. The van der Waals surface area contributed by atoms with Crippen LogP contribution in [0.3, 0.4) is 0 Å². The SMILES string of the molecule is Cc1ccc(NC(=O)c2cnn3c2NC(C(=O)O)=CC3c2cccs2)cc1Cl. The number of amides is 1. The minimum Gasteiger partial charge on any atom is -0.477 e. The second kappa shape index (κ2) is 7.14. The zero-order chi connectivity index (χ0) is 19.8. The molecule has 1 atom stereocenters. The van der Waals surface area contributed by atoms with E-state index in [0.717, 1.165) is 10.4 Å². The highest BCUT2D eigenvalue weighted by molar-refractivity contribution is 7.10. The number of hydrogen-bond acceptors (Lipinski definition) is 5. The highest BCUT2D eigenvalue weighted by atomic mass is 35.5. The number of nitrogens with zero attached hydrogens (tertiary/aromatic N) is 2. The molecule has 1 aromatic carbocycles. The van der Waals surface area contributed by atoms with Gasteiger partial charge >= 0.3 is 5.97 Å². The molecule has 0 saturated carbocycles. The van der Waals surface area contributed by atoms with E-state index in [4.69, 9.17) is 11.6 Å². The summed E-state index contributed by atoms with van der Waals surface area (Å²) in [6.07, 6.45) is 3.00. The minimum atomic E-state index is -1.11. The van der Waals surface area contributed by atoms with Crippen molar-refractivity contribution >= 4 is 46.3 Å². The molecule has 0 spiro atoms. The van der Waals surface area contributed by atoms with Gasteiger partial charge in [0.05, 0.1) is 6.20 Å². The predicted octanol–water partition coefficient (Wildman–Crippen LogP) is 4.14. The van der Waals surface area contributed by atoms with Gasteiger partial charge in [0.15, 0.2) is 0 Å². The first-order chi connectivity index (χ1) is 13.4. The highest BCUT2D eigenvalue weighted by Crippen LogP contribution is 2.34. The number of fused-ring (bicyclic) bond motifs is 1. The summed E-state index contributed by atoms with van der Waals surface area (Å²) < 4.78 is 1.61. The number of nitrogens with one attached hydrogen (secondary N) is 2. The van der Waals surface area contributed by atoms with Crippen molar-refractivity contribution in [3.8, 4) is 0 Å². The van der Waals surface area contributed by atoms with Crippen molar-refractivity contribution in [1.29, 1.82) is 0 Å². The molecule has 3 aromatic rings. The van der Waals surface area contributed by atoms with E-state index in [1.54, 1.807) is 22.9 Å². The maximum absolute atomic E-state index is 12.8. The number of anilines is 2. The Morgan fingerprint density at radius 1 is 1.36 bits per heavy atom. The van der Waals surface area contributed by atoms with E-state index in [0.29, 0.717) is 16.5 Å². The summed E-state index contributed by atoms with van der Waals surface area (Å²) in [5, 5.41) is 21.8. The summed E-state index contributed by atoms with van der Waals surface area (Å²) in [6.45, 7) is 1.87. The number of hydrogen-bond donors (Lipinski definition) is 3. The van der Waals surface area contributed by atoms with Crippen molar-refractivity contribution < 1.29 is 14.7 Å². The molecule has 0 fully saturated rings. The third-order valence-electron chi connectivity index (χ3n) is 4.38. The van der Waals surface area contributed by atoms with E-state index in [2.05, 4.69) is 15.7 Å². The summed E-state index contributed by atoms with van der Waals surface area (Å²) in [5.41, 5.74) is 1.68. The largest absolute Gasteiger partial charge is 0.477 e. The van der Waals surface area contributed by atoms with Gasteiger partial charge in [-0.2, -0.15) is 5.10 Å². The van der Waals surface area contributed by atoms with Gasteiger partial charge in [0.25, 0.3) is 5.91 Å². The van der Waals surface area contributed by atoms with Crippen molar-refractivity contribution in [3.63, 3.8) is 0 Å². The summed E-state index contributed by atoms with van der Waals surface area (Å²) in [6, 6.07) is 8.60. The first-order valence-corrected chi connectivity index (χ1v) is 9.60. The third-order valence-corrected chi connectivity index (χ3v) is 5.73. The molecule has 142 valence electrons. The lowest BCUT2D eigenvalue weighted by Crippen LogP contribution is -2.25. The summed E-state index contributed by atoms with van der Waals surface area (Å²) in [5.74, 6) is -1.19. The van der Waals surface area contributed by atoms with Gasteiger partial charge in [-0.05, 0) is 42.1 Å². The lowest BCUT2D eigenvalue weighted by Gasteiger charge is -2.23. The van der Waals surface area contributed by atoms with E-state index >= 15 is 0 Å². The van der Waals surface area contributed by atoms with Gasteiger partial charge in [-0.1, -0.05) is 23.7 Å². The van der Waals surface area contributed by atoms with Gasteiger partial charge in [0, 0.05) is 15.6 Å². The number of aryl methyl sites for hydroxylation is 1. The third kappa shape index (κ3) is 3.28. The van der Waals surface area contributed by atoms with Crippen LogP contribution < -0.4 is 10.6 Å². The number of rotatable bonds is 4. The maximum atomic E-state index is 12.8. The number of carbonyl (C=O) groups excluding carboxylic acids is 1. The molecule has 1 aliphatic heterocycles. The molecule has 9 heteroatoms. The number of carboxylic acids is 1. The number of thiophene rings is 1. The molecular formula is C19H15ClN4O3S. The van der Waals surface area contributed by atoms with Crippen LogP contribution in [-0.4, -0.2) is 26.8 Å². The lowest BCUT2D eigenvalue weighted by molar-refractivity contribution is -0.132. The maximum Gasteiger partial charge on any atom is 0.352 e. The van der Waals surface area contributed by atoms with Crippen LogP contribution in [0.15, 0.2) is 53.7 Å². The zero-order valence-corrected chi connectivity index (χ0v) is 16.2. The van der Waals surface area contributed by atoms with Crippen LogP contribution in [0.1, 0.15) is 26.8 Å². The molecule has 0 radical (unpaired) electrons. The summed E-state index contributed by atoms with van der Waals surface area (Å²) in [4.78, 5) is 25.3. The normalized spacial score (nSPS) is 15.4. The van der Waals surface area contributed by atoms with Crippen LogP contribution in [0.4, 0.5) is 11.5 Å². The molecule has 0 aliphatic carbocycles. The van der Waals surface area contributed by atoms with Gasteiger partial charge in [-0.25, -0.2) is 9.48 Å². The second-order valence-electron chi connectivity index (χ2n) is 6.24. The molecule has 3 N–H and O–H groups in total. The van der Waals surface area contributed by atoms with Crippen LogP contribution in [0.5, 0.6) is 0 Å². The monoisotopic (exact) mass is 414 g/mol. The van der Waals surface area contributed by atoms with E-state index < -0.39 is 17.9 Å². The van der Waals surface area contributed by atoms with Crippen molar-refractivity contribution in [3.05, 3.63) is 74.7 Å². The van der Waals surface area contributed by atoms with Crippen LogP contribution in [0.2, 0.25) is 5.02 Å². The van der Waals surface area contributed by atoms with Gasteiger partial charge in [0.1, 0.15) is 23.1 Å². The molecule has 0 saturated heterocycles. The zero-order valence-electron chi connectivity index (χ0n) is 14.6. The molecule has 4 rings (SSSR count). The minimum absolute atomic E-state index is 0.00108. The van der Waals surface area contributed by atoms with Gasteiger partial charge < -0.3 is 15.7 Å². The molecule has 1 aliphatic rings. The second-order valence-corrected chi connectivity index (χ2v) is 7.63. The topological polar surface area (TPSA) is 96.3 Å². The fourth-order valence-electron chi connectivity index (χ4n) is 2.92. The number of aliphatic carboxylic acids is 1. The highest BCUT2D eigenvalue weighted by Gasteiger charge is 2.29. The van der Waals surface area contributed by atoms with Crippen molar-refractivity contribution in [2.45, 2.75) is 13.0 Å². The van der Waals surface area contributed by atoms with E-state index in [9.17, 15) is 14.7 Å². The molecule has 1 unspecified atom stereocenters. The van der Waals surface area contributed by atoms with Crippen molar-refractivity contribution in [1.82, 2.24) is 9.78 Å². The fraction of sp³-hybridized carbons (Fsp3) is 0.105. The van der Waals surface area contributed by atoms with Gasteiger partial charge in [-0.15, -0.1) is 11.3 Å². The standard InChI is InChI=1S/C19H15ClN4O3S/c1-10-4-5-11(7-13(10)20)22-18(25)12-9-21-24-15(16-3-2-6-28-16)8-14(19(26)27)23-17(12)24/h2-9,15,23H,1H3,(H,22,25)(H,26,27). The molecule has 7 nitrogen and oxygen atoms in total. The van der Waals surface area contributed by atoms with Crippen LogP contribution in [0.25, 0.3) is 0 Å². The fourth-order valence-corrected chi connectivity index (χ4v) is 3.88. The molecule has 0 bridgehead atoms. The smallest absolute Gasteiger partial charge is 0.352 e. The first kappa shape index (κ1) is 18.3. The summed E-state index contributed by atoms with van der Waals surface area (Å²) >= 11 is 7.60. The number of aromatic nitrogens is 2. The number of halogens is 1. The van der Waals surface area contributed by atoms with E-state index in [1.807, 2.05) is 30.5 Å². The summed E-state index contributed by atoms with van der Waals surface area (Å²) in [7, 11) is 0. The lowest BCUT2D eigenvalue weighted by atomic mass is 10.1. The molecular weight excluding hydrogens is 400 g/mol. The number of benzene rings is 1. The Labute approximate surface area is 169 Å². The Hall–Kier alpha value is -3.10. The van der Waals surface area contributed by atoms with Crippen LogP contribution in [0, 0.1) is 6.92 Å². The average molecular weight is 415 g/mol. The Morgan fingerprint density at radius 3 is 2.86 bits per heavy atom. The Kier molecular flexibility index (Phi) is 4.66. The van der Waals surface area contributed by atoms with E-state index in [-0.39, 0.29) is 11.3 Å². The Bertz CT molecular complexity index is 1100. The van der Waals surface area contributed by atoms with Gasteiger partial charge in [0.2, 0.25) is 0 Å². The number of allylic oxidation sites excluding steroid dienone is 1.